The van der Waals surface area contributed by atoms with Crippen molar-refractivity contribution in [2.75, 3.05) is 12.3 Å². The average Bonchev–Trinajstić information content (AvgIpc) is 2.56. The summed E-state index contributed by atoms with van der Waals surface area (Å²) in [4.78, 5) is 0. The van der Waals surface area contributed by atoms with E-state index in [1.807, 2.05) is 0 Å². The largest absolute Gasteiger partial charge is 0.313 e. The Kier molecular flexibility index (Phi) is 5.07. The molecule has 0 spiro atoms. The van der Waals surface area contributed by atoms with E-state index >= 15 is 0 Å². The van der Waals surface area contributed by atoms with Crippen LogP contribution in [0.25, 0.3) is 0 Å². The van der Waals surface area contributed by atoms with Crippen LogP contribution >= 0.6 is 0 Å². The lowest BCUT2D eigenvalue weighted by atomic mass is 9.98. The number of hydrogen-bond donors (Lipinski definition) is 1. The fourth-order valence-electron chi connectivity index (χ4n) is 3.38. The van der Waals surface area contributed by atoms with Gasteiger partial charge >= 0.3 is 0 Å². The zero-order valence-corrected chi connectivity index (χ0v) is 12.3. The van der Waals surface area contributed by atoms with E-state index in [1.54, 1.807) is 0 Å². The summed E-state index contributed by atoms with van der Waals surface area (Å²) in [5.41, 5.74) is 0. The van der Waals surface area contributed by atoms with Gasteiger partial charge in [-0.3, -0.25) is 0 Å². The van der Waals surface area contributed by atoms with Crippen molar-refractivity contribution in [3.05, 3.63) is 0 Å². The third-order valence-corrected chi connectivity index (χ3v) is 7.04. The van der Waals surface area contributed by atoms with Crippen LogP contribution in [0, 0.1) is 5.92 Å². The first-order valence-corrected chi connectivity index (χ1v) is 9.28. The highest BCUT2D eigenvalue weighted by molar-refractivity contribution is 7.92. The Labute approximate surface area is 112 Å². The van der Waals surface area contributed by atoms with Crippen LogP contribution in [0.3, 0.4) is 0 Å². The summed E-state index contributed by atoms with van der Waals surface area (Å²) in [6.45, 7) is 2.97. The maximum atomic E-state index is 11.8. The molecule has 1 saturated heterocycles. The molecule has 3 atom stereocenters. The molecule has 0 aromatic carbocycles. The number of sulfone groups is 1. The van der Waals surface area contributed by atoms with Gasteiger partial charge in [0.15, 0.2) is 9.84 Å². The molecule has 2 fully saturated rings. The van der Waals surface area contributed by atoms with Crippen LogP contribution in [-0.2, 0) is 9.84 Å². The first-order valence-electron chi connectivity index (χ1n) is 7.56. The van der Waals surface area contributed by atoms with Crippen LogP contribution in [0.4, 0.5) is 0 Å². The maximum Gasteiger partial charge on any atom is 0.154 e. The Balaban J connectivity index is 1.76. The van der Waals surface area contributed by atoms with Gasteiger partial charge < -0.3 is 5.32 Å². The van der Waals surface area contributed by atoms with Crippen LogP contribution in [0.5, 0.6) is 0 Å². The number of nitrogens with one attached hydrogen (secondary N) is 1. The average molecular weight is 273 g/mol. The molecule has 0 bridgehead atoms. The third-order valence-electron chi connectivity index (χ3n) is 4.76. The van der Waals surface area contributed by atoms with E-state index in [2.05, 4.69) is 12.2 Å². The SMILES string of the molecule is CCC1CCCC(NCC2CCCS2(=O)=O)CC1. The third kappa shape index (κ3) is 3.70. The lowest BCUT2D eigenvalue weighted by molar-refractivity contribution is 0.423. The minimum atomic E-state index is -2.77. The zero-order chi connectivity index (χ0) is 13.0. The molecular weight excluding hydrogens is 246 g/mol. The topological polar surface area (TPSA) is 46.2 Å². The summed E-state index contributed by atoms with van der Waals surface area (Å²) in [5.74, 6) is 1.30. The van der Waals surface area contributed by atoms with Gasteiger partial charge in [0.1, 0.15) is 0 Å². The van der Waals surface area contributed by atoms with Gasteiger partial charge in [-0.1, -0.05) is 26.2 Å². The molecule has 1 heterocycles. The van der Waals surface area contributed by atoms with Crippen molar-refractivity contribution < 1.29 is 8.42 Å². The normalized spacial score (nSPS) is 36.4. The molecule has 106 valence electrons. The molecule has 4 heteroatoms. The van der Waals surface area contributed by atoms with Gasteiger partial charge in [0, 0.05) is 12.6 Å². The Morgan fingerprint density at radius 1 is 1.06 bits per heavy atom. The van der Waals surface area contributed by atoms with Gasteiger partial charge in [-0.15, -0.1) is 0 Å². The standard InChI is InChI=1S/C14H27NO2S/c1-2-12-5-3-6-13(9-8-12)15-11-14-7-4-10-18(14,16)17/h12-15H,2-11H2,1H3. The molecule has 1 saturated carbocycles. The van der Waals surface area contributed by atoms with Gasteiger partial charge in [-0.05, 0) is 38.0 Å². The van der Waals surface area contributed by atoms with Crippen molar-refractivity contribution in [3.8, 4) is 0 Å². The van der Waals surface area contributed by atoms with E-state index in [9.17, 15) is 8.42 Å². The summed E-state index contributed by atoms with van der Waals surface area (Å²) in [6, 6.07) is 0.553. The minimum absolute atomic E-state index is 0.109. The van der Waals surface area contributed by atoms with E-state index in [1.165, 1.54) is 38.5 Å². The van der Waals surface area contributed by atoms with E-state index in [0.29, 0.717) is 18.3 Å². The van der Waals surface area contributed by atoms with Crippen molar-refractivity contribution in [1.82, 2.24) is 5.32 Å². The van der Waals surface area contributed by atoms with Gasteiger partial charge in [-0.25, -0.2) is 8.42 Å². The summed E-state index contributed by atoms with van der Waals surface area (Å²) >= 11 is 0. The second kappa shape index (κ2) is 6.38. The molecule has 0 aromatic heterocycles. The lowest BCUT2D eigenvalue weighted by Crippen LogP contribution is -2.37. The molecule has 1 N–H and O–H groups in total. The van der Waals surface area contributed by atoms with Crippen LogP contribution in [-0.4, -0.2) is 32.0 Å². The highest BCUT2D eigenvalue weighted by atomic mass is 32.2. The van der Waals surface area contributed by atoms with Gasteiger partial charge in [0.25, 0.3) is 0 Å². The van der Waals surface area contributed by atoms with Crippen molar-refractivity contribution in [2.45, 2.75) is 69.6 Å². The van der Waals surface area contributed by atoms with E-state index in [0.717, 1.165) is 18.8 Å². The fraction of sp³-hybridized carbons (Fsp3) is 1.00. The number of rotatable bonds is 4. The van der Waals surface area contributed by atoms with Crippen molar-refractivity contribution in [3.63, 3.8) is 0 Å². The smallest absolute Gasteiger partial charge is 0.154 e. The molecule has 1 aliphatic heterocycles. The monoisotopic (exact) mass is 273 g/mol. The van der Waals surface area contributed by atoms with Crippen molar-refractivity contribution in [1.29, 1.82) is 0 Å². The molecule has 18 heavy (non-hydrogen) atoms. The predicted molar refractivity (Wildman–Crippen MR) is 75.5 cm³/mol. The van der Waals surface area contributed by atoms with Gasteiger partial charge in [-0.2, -0.15) is 0 Å². The minimum Gasteiger partial charge on any atom is -0.313 e. The first kappa shape index (κ1) is 14.3. The summed E-state index contributed by atoms with van der Waals surface area (Å²) in [7, 11) is -2.77. The van der Waals surface area contributed by atoms with Gasteiger partial charge in [0.2, 0.25) is 0 Å². The van der Waals surface area contributed by atoms with E-state index < -0.39 is 9.84 Å². The molecule has 1 aliphatic carbocycles. The molecule has 0 aromatic rings. The van der Waals surface area contributed by atoms with E-state index in [4.69, 9.17) is 0 Å². The highest BCUT2D eigenvalue weighted by Crippen LogP contribution is 2.26. The predicted octanol–water partition coefficient (Wildman–Crippen LogP) is 2.51. The van der Waals surface area contributed by atoms with Crippen molar-refractivity contribution >= 4 is 9.84 Å². The molecular formula is C14H27NO2S. The fourth-order valence-corrected chi connectivity index (χ4v) is 5.15. The molecule has 2 aliphatic rings. The van der Waals surface area contributed by atoms with Crippen molar-refractivity contribution in [2.24, 2.45) is 5.92 Å². The second-order valence-corrected chi connectivity index (χ2v) is 8.42. The lowest BCUT2D eigenvalue weighted by Gasteiger charge is -2.19. The highest BCUT2D eigenvalue weighted by Gasteiger charge is 2.31. The quantitative estimate of drug-likeness (QED) is 0.801. The first-order chi connectivity index (χ1) is 8.62. The summed E-state index contributed by atoms with van der Waals surface area (Å²) in [5, 5.41) is 3.42. The summed E-state index contributed by atoms with van der Waals surface area (Å²) < 4.78 is 23.5. The van der Waals surface area contributed by atoms with Crippen LogP contribution < -0.4 is 5.32 Å². The Morgan fingerprint density at radius 3 is 2.56 bits per heavy atom. The van der Waals surface area contributed by atoms with Gasteiger partial charge in [0.05, 0.1) is 11.0 Å². The van der Waals surface area contributed by atoms with E-state index in [-0.39, 0.29) is 5.25 Å². The molecule has 0 amide bonds. The zero-order valence-electron chi connectivity index (χ0n) is 11.5. The van der Waals surface area contributed by atoms with Crippen LogP contribution in [0.2, 0.25) is 0 Å². The van der Waals surface area contributed by atoms with Crippen LogP contribution in [0.15, 0.2) is 0 Å². The van der Waals surface area contributed by atoms with Crippen LogP contribution in [0.1, 0.15) is 58.3 Å². The number of hydrogen-bond acceptors (Lipinski definition) is 3. The maximum absolute atomic E-state index is 11.8. The second-order valence-electron chi connectivity index (χ2n) is 6.02. The molecule has 0 radical (unpaired) electrons. The molecule has 3 nitrogen and oxygen atoms in total. The molecule has 3 unspecified atom stereocenters. The molecule has 2 rings (SSSR count). The Hall–Kier alpha value is -0.0900. The Bertz CT molecular complexity index is 353. The summed E-state index contributed by atoms with van der Waals surface area (Å²) in [6.07, 6.45) is 9.44. The Morgan fingerprint density at radius 2 is 1.89 bits per heavy atom.